The van der Waals surface area contributed by atoms with E-state index >= 15 is 0 Å². The fraction of sp³-hybridized carbons (Fsp3) is 0.455. The van der Waals surface area contributed by atoms with E-state index in [1.807, 2.05) is 12.1 Å². The van der Waals surface area contributed by atoms with E-state index in [0.29, 0.717) is 12.0 Å². The fourth-order valence-corrected chi connectivity index (χ4v) is 2.25. The van der Waals surface area contributed by atoms with Crippen molar-refractivity contribution in [3.05, 3.63) is 22.2 Å². The molecule has 15 heavy (non-hydrogen) atoms. The summed E-state index contributed by atoms with van der Waals surface area (Å²) in [5.41, 5.74) is 7.02. The van der Waals surface area contributed by atoms with E-state index in [-0.39, 0.29) is 0 Å². The topological polar surface area (TPSA) is 44.5 Å². The molecule has 0 aliphatic heterocycles. The molecule has 3 nitrogen and oxygen atoms in total. The monoisotopic (exact) mass is 271 g/mol. The number of hydrogen-bond donors (Lipinski definition) is 1. The van der Waals surface area contributed by atoms with E-state index in [1.54, 1.807) is 14.2 Å². The van der Waals surface area contributed by atoms with Crippen molar-refractivity contribution in [2.24, 2.45) is 5.73 Å². The molecule has 1 aromatic rings. The smallest absolute Gasteiger partial charge is 0.137 e. The van der Waals surface area contributed by atoms with Crippen LogP contribution in [0, 0.1) is 0 Å². The normalized spacial score (nSPS) is 23.7. The van der Waals surface area contributed by atoms with Crippen LogP contribution in [0.5, 0.6) is 11.5 Å². The van der Waals surface area contributed by atoms with Gasteiger partial charge < -0.3 is 15.2 Å². The van der Waals surface area contributed by atoms with Crippen molar-refractivity contribution >= 4 is 15.9 Å². The van der Waals surface area contributed by atoms with E-state index < -0.39 is 0 Å². The van der Waals surface area contributed by atoms with Crippen molar-refractivity contribution in [3.8, 4) is 11.5 Å². The Kier molecular flexibility index (Phi) is 2.89. The zero-order valence-electron chi connectivity index (χ0n) is 8.79. The molecule has 1 aromatic carbocycles. The maximum absolute atomic E-state index is 5.83. The van der Waals surface area contributed by atoms with E-state index in [0.717, 1.165) is 22.4 Å². The summed E-state index contributed by atoms with van der Waals surface area (Å²) in [6.45, 7) is 0. The van der Waals surface area contributed by atoms with Gasteiger partial charge in [-0.05, 0) is 40.0 Å². The van der Waals surface area contributed by atoms with Crippen molar-refractivity contribution in [3.63, 3.8) is 0 Å². The van der Waals surface area contributed by atoms with Gasteiger partial charge in [-0.15, -0.1) is 0 Å². The van der Waals surface area contributed by atoms with Crippen molar-refractivity contribution in [1.82, 2.24) is 0 Å². The number of nitrogens with two attached hydrogens (primary N) is 1. The molecule has 0 aromatic heterocycles. The van der Waals surface area contributed by atoms with Gasteiger partial charge in [-0.1, -0.05) is 0 Å². The first kappa shape index (κ1) is 10.8. The summed E-state index contributed by atoms with van der Waals surface area (Å²) in [6.07, 6.45) is 1.05. The molecule has 82 valence electrons. The lowest BCUT2D eigenvalue weighted by atomic mass is 10.1. The Morgan fingerprint density at radius 3 is 2.07 bits per heavy atom. The summed E-state index contributed by atoms with van der Waals surface area (Å²) in [4.78, 5) is 0. The Bertz CT molecular complexity index is 356. The van der Waals surface area contributed by atoms with Gasteiger partial charge in [0.15, 0.2) is 0 Å². The lowest BCUT2D eigenvalue weighted by Crippen LogP contribution is -2.01. The minimum absolute atomic E-state index is 0.292. The van der Waals surface area contributed by atoms with Gasteiger partial charge in [0.2, 0.25) is 0 Å². The minimum atomic E-state index is 0.292. The molecule has 0 radical (unpaired) electrons. The van der Waals surface area contributed by atoms with Crippen LogP contribution in [0.2, 0.25) is 0 Å². The highest BCUT2D eigenvalue weighted by atomic mass is 79.9. The van der Waals surface area contributed by atoms with Crippen LogP contribution in [0.4, 0.5) is 0 Å². The summed E-state index contributed by atoms with van der Waals surface area (Å²) < 4.78 is 11.4. The molecule has 1 fully saturated rings. The van der Waals surface area contributed by atoms with E-state index in [2.05, 4.69) is 15.9 Å². The van der Waals surface area contributed by atoms with Crippen LogP contribution in [-0.2, 0) is 0 Å². The number of methoxy groups -OCH3 is 2. The van der Waals surface area contributed by atoms with Crippen LogP contribution in [0.25, 0.3) is 0 Å². The molecule has 0 amide bonds. The van der Waals surface area contributed by atoms with Gasteiger partial charge in [0.05, 0.1) is 14.2 Å². The maximum atomic E-state index is 5.83. The van der Waals surface area contributed by atoms with Crippen LogP contribution in [0.1, 0.15) is 17.9 Å². The van der Waals surface area contributed by atoms with Crippen molar-refractivity contribution in [2.45, 2.75) is 18.4 Å². The molecular formula is C11H14BrNO2. The summed E-state index contributed by atoms with van der Waals surface area (Å²) in [5, 5.41) is 0. The molecule has 0 spiro atoms. The summed E-state index contributed by atoms with van der Waals surface area (Å²) >= 11 is 3.44. The van der Waals surface area contributed by atoms with Crippen molar-refractivity contribution in [1.29, 1.82) is 0 Å². The first-order valence-electron chi connectivity index (χ1n) is 4.84. The highest BCUT2D eigenvalue weighted by Gasteiger charge is 2.35. The average molecular weight is 272 g/mol. The first-order chi connectivity index (χ1) is 7.17. The molecule has 2 rings (SSSR count). The Labute approximate surface area is 97.7 Å². The number of hydrogen-bond acceptors (Lipinski definition) is 3. The van der Waals surface area contributed by atoms with Gasteiger partial charge in [0.1, 0.15) is 16.0 Å². The second-order valence-corrected chi connectivity index (χ2v) is 4.54. The Hall–Kier alpha value is -0.740. The molecule has 2 unspecified atom stereocenters. The standard InChI is InChI=1S/C11H14BrNO2/c1-14-9-3-6(7-5-8(7)13)4-10(15-2)11(9)12/h3-4,7-8H,5,13H2,1-2H3. The highest BCUT2D eigenvalue weighted by molar-refractivity contribution is 9.10. The van der Waals surface area contributed by atoms with Gasteiger partial charge in [-0.3, -0.25) is 0 Å². The maximum Gasteiger partial charge on any atom is 0.137 e. The Balaban J connectivity index is 2.40. The van der Waals surface area contributed by atoms with E-state index in [4.69, 9.17) is 15.2 Å². The molecule has 0 bridgehead atoms. The van der Waals surface area contributed by atoms with Crippen molar-refractivity contribution in [2.75, 3.05) is 14.2 Å². The largest absolute Gasteiger partial charge is 0.495 e. The SMILES string of the molecule is COc1cc(C2CC2N)cc(OC)c1Br. The molecule has 1 saturated carbocycles. The number of ether oxygens (including phenoxy) is 2. The van der Waals surface area contributed by atoms with Crippen LogP contribution < -0.4 is 15.2 Å². The zero-order chi connectivity index (χ0) is 11.0. The predicted molar refractivity (Wildman–Crippen MR) is 62.6 cm³/mol. The van der Waals surface area contributed by atoms with Crippen molar-refractivity contribution < 1.29 is 9.47 Å². The van der Waals surface area contributed by atoms with Crippen LogP contribution in [-0.4, -0.2) is 20.3 Å². The lowest BCUT2D eigenvalue weighted by molar-refractivity contribution is 0.388. The minimum Gasteiger partial charge on any atom is -0.495 e. The second-order valence-electron chi connectivity index (χ2n) is 3.75. The third-order valence-corrected chi connectivity index (χ3v) is 3.52. The molecule has 0 heterocycles. The number of rotatable bonds is 3. The molecule has 2 N–H and O–H groups in total. The molecule has 4 heteroatoms. The zero-order valence-corrected chi connectivity index (χ0v) is 10.4. The van der Waals surface area contributed by atoms with Gasteiger partial charge in [-0.2, -0.15) is 0 Å². The van der Waals surface area contributed by atoms with Crippen LogP contribution >= 0.6 is 15.9 Å². The van der Waals surface area contributed by atoms with Gasteiger partial charge >= 0.3 is 0 Å². The quantitative estimate of drug-likeness (QED) is 0.918. The third-order valence-electron chi connectivity index (χ3n) is 2.74. The molecule has 1 aliphatic rings. The van der Waals surface area contributed by atoms with E-state index in [1.165, 1.54) is 5.56 Å². The Morgan fingerprint density at radius 1 is 1.27 bits per heavy atom. The van der Waals surface area contributed by atoms with E-state index in [9.17, 15) is 0 Å². The lowest BCUT2D eigenvalue weighted by Gasteiger charge is -2.11. The first-order valence-corrected chi connectivity index (χ1v) is 5.63. The predicted octanol–water partition coefficient (Wildman–Crippen LogP) is 2.28. The second kappa shape index (κ2) is 4.02. The van der Waals surface area contributed by atoms with Gasteiger partial charge in [-0.25, -0.2) is 0 Å². The van der Waals surface area contributed by atoms with Gasteiger partial charge in [0.25, 0.3) is 0 Å². The van der Waals surface area contributed by atoms with Crippen LogP contribution in [0.15, 0.2) is 16.6 Å². The summed E-state index contributed by atoms with van der Waals surface area (Å²) in [6, 6.07) is 4.33. The fourth-order valence-electron chi connectivity index (χ4n) is 1.70. The molecule has 1 aliphatic carbocycles. The molecule has 2 atom stereocenters. The third kappa shape index (κ3) is 1.96. The number of benzene rings is 1. The highest BCUT2D eigenvalue weighted by Crippen LogP contribution is 2.44. The Morgan fingerprint density at radius 2 is 1.73 bits per heavy atom. The molecule has 0 saturated heterocycles. The number of halogens is 1. The molecular weight excluding hydrogens is 258 g/mol. The van der Waals surface area contributed by atoms with Crippen LogP contribution in [0.3, 0.4) is 0 Å². The van der Waals surface area contributed by atoms with Gasteiger partial charge in [0, 0.05) is 12.0 Å². The summed E-state index contributed by atoms with van der Waals surface area (Å²) in [5.74, 6) is 2.05. The average Bonchev–Trinajstić information content (AvgIpc) is 2.96. The summed E-state index contributed by atoms with van der Waals surface area (Å²) in [7, 11) is 3.30.